The van der Waals surface area contributed by atoms with Gasteiger partial charge in [-0.1, -0.05) is 36.4 Å². The van der Waals surface area contributed by atoms with Crippen molar-refractivity contribution in [2.24, 2.45) is 0 Å². The van der Waals surface area contributed by atoms with Crippen LogP contribution < -0.4 is 10.6 Å². The fourth-order valence-electron chi connectivity index (χ4n) is 3.16. The molecular weight excluding hydrogens is 343 g/mol. The quantitative estimate of drug-likeness (QED) is 0.744. The van der Waals surface area contributed by atoms with Crippen molar-refractivity contribution in [3.05, 3.63) is 66.7 Å². The highest BCUT2D eigenvalue weighted by Crippen LogP contribution is 2.27. The zero-order valence-corrected chi connectivity index (χ0v) is 14.7. The molecule has 1 aromatic heterocycles. The van der Waals surface area contributed by atoms with Gasteiger partial charge in [-0.2, -0.15) is 0 Å². The normalized spacial score (nSPS) is 16.6. The highest BCUT2D eigenvalue weighted by atomic mass is 19.1. The average Bonchev–Trinajstić information content (AvgIpc) is 2.71. The summed E-state index contributed by atoms with van der Waals surface area (Å²) in [5, 5.41) is 5.89. The molecule has 1 aliphatic heterocycles. The first-order chi connectivity index (χ1) is 13.2. The van der Waals surface area contributed by atoms with Crippen LogP contribution in [-0.4, -0.2) is 28.5 Å². The van der Waals surface area contributed by atoms with E-state index in [2.05, 4.69) is 20.6 Å². The van der Waals surface area contributed by atoms with Crippen molar-refractivity contribution in [1.82, 2.24) is 15.3 Å². The highest BCUT2D eigenvalue weighted by molar-refractivity contribution is 5.85. The first-order valence-corrected chi connectivity index (χ1v) is 8.92. The maximum atomic E-state index is 14.6. The van der Waals surface area contributed by atoms with E-state index in [1.54, 1.807) is 6.07 Å². The Kier molecular flexibility index (Phi) is 4.78. The van der Waals surface area contributed by atoms with Gasteiger partial charge in [0.25, 0.3) is 0 Å². The number of rotatable bonds is 4. The fourth-order valence-corrected chi connectivity index (χ4v) is 3.16. The molecule has 1 aliphatic rings. The molecule has 2 aromatic carbocycles. The van der Waals surface area contributed by atoms with Crippen LogP contribution in [0.2, 0.25) is 0 Å². The number of aromatic nitrogens is 2. The molecule has 1 saturated heterocycles. The molecule has 2 heterocycles. The molecule has 27 heavy (non-hydrogen) atoms. The van der Waals surface area contributed by atoms with E-state index < -0.39 is 0 Å². The zero-order chi connectivity index (χ0) is 18.6. The Morgan fingerprint density at radius 1 is 1.04 bits per heavy atom. The summed E-state index contributed by atoms with van der Waals surface area (Å²) in [5.41, 5.74) is 2.61. The van der Waals surface area contributed by atoms with E-state index in [-0.39, 0.29) is 17.8 Å². The van der Waals surface area contributed by atoms with Crippen LogP contribution in [0.1, 0.15) is 12.8 Å². The number of benzene rings is 2. The SMILES string of the molecule is O=C1NCCC[C@H]1Nc1cnc(-c2ccc(-c3ccccc3)cc2F)cn1. The van der Waals surface area contributed by atoms with Gasteiger partial charge in [0.2, 0.25) is 5.91 Å². The van der Waals surface area contributed by atoms with Crippen molar-refractivity contribution >= 4 is 11.7 Å². The molecule has 1 atom stereocenters. The van der Waals surface area contributed by atoms with Crippen LogP contribution in [-0.2, 0) is 4.79 Å². The molecule has 5 nitrogen and oxygen atoms in total. The summed E-state index contributed by atoms with van der Waals surface area (Å²) in [5.74, 6) is 0.120. The first kappa shape index (κ1) is 17.1. The predicted octanol–water partition coefficient (Wildman–Crippen LogP) is 3.64. The molecule has 0 unspecified atom stereocenters. The summed E-state index contributed by atoms with van der Waals surface area (Å²) in [6.45, 7) is 0.708. The summed E-state index contributed by atoms with van der Waals surface area (Å²) in [6, 6.07) is 14.4. The van der Waals surface area contributed by atoms with Crippen LogP contribution in [0.5, 0.6) is 0 Å². The van der Waals surface area contributed by atoms with Gasteiger partial charge in [-0.05, 0) is 36.1 Å². The number of hydrogen-bond donors (Lipinski definition) is 2. The van der Waals surface area contributed by atoms with E-state index in [9.17, 15) is 9.18 Å². The van der Waals surface area contributed by atoms with Crippen LogP contribution in [0.4, 0.5) is 10.2 Å². The lowest BCUT2D eigenvalue weighted by Gasteiger charge is -2.23. The summed E-state index contributed by atoms with van der Waals surface area (Å²) < 4.78 is 14.6. The van der Waals surface area contributed by atoms with Crippen LogP contribution >= 0.6 is 0 Å². The third-order valence-electron chi connectivity index (χ3n) is 4.61. The van der Waals surface area contributed by atoms with Crippen molar-refractivity contribution in [3.63, 3.8) is 0 Å². The van der Waals surface area contributed by atoms with E-state index in [0.29, 0.717) is 23.6 Å². The summed E-state index contributed by atoms with van der Waals surface area (Å²) in [7, 11) is 0. The van der Waals surface area contributed by atoms with Crippen molar-refractivity contribution in [2.45, 2.75) is 18.9 Å². The lowest BCUT2D eigenvalue weighted by molar-refractivity contribution is -0.123. The van der Waals surface area contributed by atoms with E-state index in [4.69, 9.17) is 0 Å². The Morgan fingerprint density at radius 3 is 2.59 bits per heavy atom. The van der Waals surface area contributed by atoms with Crippen LogP contribution in [0.25, 0.3) is 22.4 Å². The maximum Gasteiger partial charge on any atom is 0.242 e. The zero-order valence-electron chi connectivity index (χ0n) is 14.7. The van der Waals surface area contributed by atoms with Gasteiger partial charge in [0.15, 0.2) is 0 Å². The highest BCUT2D eigenvalue weighted by Gasteiger charge is 2.22. The van der Waals surface area contributed by atoms with Gasteiger partial charge in [-0.15, -0.1) is 0 Å². The summed E-state index contributed by atoms with van der Waals surface area (Å²) in [6.07, 6.45) is 4.73. The average molecular weight is 362 g/mol. The molecule has 0 saturated carbocycles. The molecule has 1 fully saturated rings. The van der Waals surface area contributed by atoms with Crippen LogP contribution in [0.3, 0.4) is 0 Å². The Bertz CT molecular complexity index is 944. The van der Waals surface area contributed by atoms with Gasteiger partial charge in [-0.3, -0.25) is 9.78 Å². The Morgan fingerprint density at radius 2 is 1.89 bits per heavy atom. The van der Waals surface area contributed by atoms with Crippen LogP contribution in [0.15, 0.2) is 60.9 Å². The monoisotopic (exact) mass is 362 g/mol. The number of carbonyl (C=O) groups is 1. The van der Waals surface area contributed by atoms with Crippen molar-refractivity contribution in [3.8, 4) is 22.4 Å². The van der Waals surface area contributed by atoms with E-state index >= 15 is 0 Å². The van der Waals surface area contributed by atoms with Gasteiger partial charge >= 0.3 is 0 Å². The lowest BCUT2D eigenvalue weighted by atomic mass is 10.0. The molecule has 0 bridgehead atoms. The topological polar surface area (TPSA) is 66.9 Å². The Balaban J connectivity index is 1.52. The van der Waals surface area contributed by atoms with Gasteiger partial charge in [0.1, 0.15) is 17.7 Å². The second-order valence-corrected chi connectivity index (χ2v) is 6.48. The number of nitrogens with one attached hydrogen (secondary N) is 2. The second kappa shape index (κ2) is 7.53. The van der Waals surface area contributed by atoms with Crippen molar-refractivity contribution in [2.75, 3.05) is 11.9 Å². The second-order valence-electron chi connectivity index (χ2n) is 6.48. The number of amides is 1. The largest absolute Gasteiger partial charge is 0.357 e. The molecule has 136 valence electrons. The maximum absolute atomic E-state index is 14.6. The first-order valence-electron chi connectivity index (χ1n) is 8.92. The molecule has 0 radical (unpaired) electrons. The van der Waals surface area contributed by atoms with Gasteiger partial charge in [-0.25, -0.2) is 9.37 Å². The number of carbonyl (C=O) groups excluding carboxylic acids is 1. The van der Waals surface area contributed by atoms with Crippen molar-refractivity contribution in [1.29, 1.82) is 0 Å². The Labute approximate surface area is 156 Å². The third-order valence-corrected chi connectivity index (χ3v) is 4.61. The number of piperidine rings is 1. The fraction of sp³-hybridized carbons (Fsp3) is 0.190. The Hall–Kier alpha value is -3.28. The van der Waals surface area contributed by atoms with E-state index in [1.807, 2.05) is 36.4 Å². The van der Waals surface area contributed by atoms with Crippen LogP contribution in [0, 0.1) is 5.82 Å². The molecular formula is C21H19FN4O. The molecule has 6 heteroatoms. The lowest BCUT2D eigenvalue weighted by Crippen LogP contribution is -2.44. The molecule has 0 aliphatic carbocycles. The van der Waals surface area contributed by atoms with Crippen molar-refractivity contribution < 1.29 is 9.18 Å². The third kappa shape index (κ3) is 3.79. The summed E-state index contributed by atoms with van der Waals surface area (Å²) >= 11 is 0. The number of halogens is 1. The number of nitrogens with zero attached hydrogens (tertiary/aromatic N) is 2. The van der Waals surface area contributed by atoms with Gasteiger partial charge in [0, 0.05) is 12.1 Å². The molecule has 1 amide bonds. The predicted molar refractivity (Wildman–Crippen MR) is 103 cm³/mol. The van der Waals surface area contributed by atoms with Gasteiger partial charge in [0.05, 0.1) is 18.1 Å². The van der Waals surface area contributed by atoms with Gasteiger partial charge < -0.3 is 10.6 Å². The molecule has 3 aromatic rings. The minimum absolute atomic E-state index is 0.0327. The number of hydrogen-bond acceptors (Lipinski definition) is 4. The summed E-state index contributed by atoms with van der Waals surface area (Å²) in [4.78, 5) is 20.4. The van der Waals surface area contributed by atoms with E-state index in [0.717, 1.165) is 24.0 Å². The molecule has 2 N–H and O–H groups in total. The number of anilines is 1. The molecule has 4 rings (SSSR count). The standard InChI is InChI=1S/C21H19FN4O/c22-17-11-15(14-5-2-1-3-6-14)8-9-16(17)19-12-25-20(13-24-19)26-18-7-4-10-23-21(18)27/h1-3,5-6,8-9,11-13,18H,4,7,10H2,(H,23,27)(H,25,26)/t18-/m1/s1. The molecule has 0 spiro atoms. The smallest absolute Gasteiger partial charge is 0.242 e. The minimum Gasteiger partial charge on any atom is -0.357 e. The minimum atomic E-state index is -0.349. The van der Waals surface area contributed by atoms with E-state index in [1.165, 1.54) is 18.5 Å².